The lowest BCUT2D eigenvalue weighted by molar-refractivity contribution is 0.0707. The van der Waals surface area contributed by atoms with Gasteiger partial charge >= 0.3 is 0 Å². The fraction of sp³-hybridized carbons (Fsp3) is 0.158. The van der Waals surface area contributed by atoms with Gasteiger partial charge in [0.05, 0.1) is 6.61 Å². The molecule has 0 aliphatic heterocycles. The van der Waals surface area contributed by atoms with Crippen LogP contribution in [-0.4, -0.2) is 38.6 Å². The van der Waals surface area contributed by atoms with Crippen LogP contribution in [0.25, 0.3) is 5.69 Å². The Morgan fingerprint density at radius 1 is 1.08 bits per heavy atom. The highest BCUT2D eigenvalue weighted by atomic mass is 16.3. The zero-order valence-electron chi connectivity index (χ0n) is 13.2. The summed E-state index contributed by atoms with van der Waals surface area (Å²) in [5.74, 6) is -0.105. The number of hydrogen-bond donors (Lipinski definition) is 1. The van der Waals surface area contributed by atoms with Crippen molar-refractivity contribution in [2.75, 3.05) is 13.2 Å². The van der Waals surface area contributed by atoms with Crippen molar-refractivity contribution in [2.45, 2.75) is 6.54 Å². The van der Waals surface area contributed by atoms with Crippen LogP contribution in [-0.2, 0) is 6.54 Å². The van der Waals surface area contributed by atoms with Crippen molar-refractivity contribution < 1.29 is 9.90 Å². The van der Waals surface area contributed by atoms with Crippen LogP contribution in [0.5, 0.6) is 0 Å². The molecule has 0 fully saturated rings. The quantitative estimate of drug-likeness (QED) is 0.759. The first-order valence-corrected chi connectivity index (χ1v) is 7.80. The molecule has 122 valence electrons. The van der Waals surface area contributed by atoms with E-state index in [4.69, 9.17) is 0 Å². The van der Waals surface area contributed by atoms with Crippen LogP contribution in [0.1, 0.15) is 15.9 Å². The van der Waals surface area contributed by atoms with Crippen molar-refractivity contribution in [3.63, 3.8) is 0 Å². The van der Waals surface area contributed by atoms with Crippen LogP contribution in [0.4, 0.5) is 0 Å². The molecule has 5 nitrogen and oxygen atoms in total. The number of pyridine rings is 1. The largest absolute Gasteiger partial charge is 0.395 e. The van der Waals surface area contributed by atoms with Gasteiger partial charge in [-0.05, 0) is 48.0 Å². The second kappa shape index (κ2) is 7.57. The summed E-state index contributed by atoms with van der Waals surface area (Å²) < 4.78 is 1.98. The summed E-state index contributed by atoms with van der Waals surface area (Å²) in [6, 6.07) is 15.1. The van der Waals surface area contributed by atoms with Gasteiger partial charge in [-0.2, -0.15) is 0 Å². The molecule has 1 amide bonds. The maximum atomic E-state index is 12.7. The third-order valence-corrected chi connectivity index (χ3v) is 3.77. The molecule has 2 heterocycles. The first-order valence-electron chi connectivity index (χ1n) is 7.80. The SMILES string of the molecule is O=C(c1ccc(-n2cccc2)cc1)N(CCO)Cc1cccnc1. The van der Waals surface area contributed by atoms with E-state index in [1.54, 1.807) is 17.3 Å². The van der Waals surface area contributed by atoms with Gasteiger partial charge in [0, 0.05) is 49.1 Å². The molecule has 3 aromatic rings. The fourth-order valence-corrected chi connectivity index (χ4v) is 2.55. The average Bonchev–Trinajstić information content (AvgIpc) is 3.16. The topological polar surface area (TPSA) is 58.4 Å². The number of nitrogens with zero attached hydrogens (tertiary/aromatic N) is 3. The van der Waals surface area contributed by atoms with Crippen molar-refractivity contribution in [1.29, 1.82) is 0 Å². The van der Waals surface area contributed by atoms with E-state index in [0.29, 0.717) is 12.1 Å². The molecule has 1 aromatic carbocycles. The highest BCUT2D eigenvalue weighted by Gasteiger charge is 2.16. The zero-order valence-corrected chi connectivity index (χ0v) is 13.2. The summed E-state index contributed by atoms with van der Waals surface area (Å²) in [6.07, 6.45) is 7.34. The summed E-state index contributed by atoms with van der Waals surface area (Å²) in [6.45, 7) is 0.632. The van der Waals surface area contributed by atoms with Crippen molar-refractivity contribution in [1.82, 2.24) is 14.5 Å². The normalized spacial score (nSPS) is 10.5. The molecule has 0 saturated carbocycles. The molecule has 0 bridgehead atoms. The minimum absolute atomic E-state index is 0.0759. The van der Waals surface area contributed by atoms with E-state index in [0.717, 1.165) is 11.3 Å². The molecule has 3 rings (SSSR count). The Kier molecular flexibility index (Phi) is 5.03. The van der Waals surface area contributed by atoms with Crippen molar-refractivity contribution >= 4 is 5.91 Å². The summed E-state index contributed by atoms with van der Waals surface area (Å²) in [4.78, 5) is 18.4. The molecule has 0 aliphatic carbocycles. The summed E-state index contributed by atoms with van der Waals surface area (Å²) in [5, 5.41) is 9.27. The summed E-state index contributed by atoms with van der Waals surface area (Å²) in [5.41, 5.74) is 2.53. The van der Waals surface area contributed by atoms with Gasteiger partial charge in [0.15, 0.2) is 0 Å². The molecular formula is C19H19N3O2. The molecule has 0 unspecified atom stereocenters. The number of aliphatic hydroxyl groups is 1. The van der Waals surface area contributed by atoms with Gasteiger partial charge in [0.1, 0.15) is 0 Å². The number of benzene rings is 1. The van der Waals surface area contributed by atoms with Crippen LogP contribution < -0.4 is 0 Å². The number of carbonyl (C=O) groups excluding carboxylic acids is 1. The molecule has 1 N–H and O–H groups in total. The van der Waals surface area contributed by atoms with Crippen LogP contribution >= 0.6 is 0 Å². The minimum atomic E-state index is -0.105. The Balaban J connectivity index is 1.77. The van der Waals surface area contributed by atoms with Crippen LogP contribution in [0, 0.1) is 0 Å². The van der Waals surface area contributed by atoms with E-state index in [9.17, 15) is 9.90 Å². The zero-order chi connectivity index (χ0) is 16.8. The van der Waals surface area contributed by atoms with Crippen molar-refractivity contribution in [3.8, 4) is 5.69 Å². The third-order valence-electron chi connectivity index (χ3n) is 3.77. The molecule has 0 radical (unpaired) electrons. The molecule has 0 atom stereocenters. The Morgan fingerprint density at radius 3 is 2.46 bits per heavy atom. The lowest BCUT2D eigenvalue weighted by Gasteiger charge is -2.22. The van der Waals surface area contributed by atoms with Crippen LogP contribution in [0.3, 0.4) is 0 Å². The van der Waals surface area contributed by atoms with Gasteiger partial charge < -0.3 is 14.6 Å². The third kappa shape index (κ3) is 3.70. The highest BCUT2D eigenvalue weighted by molar-refractivity contribution is 5.94. The van der Waals surface area contributed by atoms with Gasteiger partial charge in [0.2, 0.25) is 0 Å². The van der Waals surface area contributed by atoms with Gasteiger partial charge in [0.25, 0.3) is 5.91 Å². The highest BCUT2D eigenvalue weighted by Crippen LogP contribution is 2.13. The van der Waals surface area contributed by atoms with Crippen molar-refractivity contribution in [3.05, 3.63) is 84.4 Å². The van der Waals surface area contributed by atoms with Crippen molar-refractivity contribution in [2.24, 2.45) is 0 Å². The Labute approximate surface area is 140 Å². The smallest absolute Gasteiger partial charge is 0.254 e. The Bertz CT molecular complexity index is 768. The summed E-state index contributed by atoms with van der Waals surface area (Å²) >= 11 is 0. The van der Waals surface area contributed by atoms with Gasteiger partial charge in [-0.15, -0.1) is 0 Å². The first-order chi connectivity index (χ1) is 11.8. The Morgan fingerprint density at radius 2 is 1.83 bits per heavy atom. The Hall–Kier alpha value is -2.92. The predicted molar refractivity (Wildman–Crippen MR) is 91.8 cm³/mol. The minimum Gasteiger partial charge on any atom is -0.395 e. The maximum Gasteiger partial charge on any atom is 0.254 e. The van der Waals surface area contributed by atoms with E-state index in [-0.39, 0.29) is 19.1 Å². The fourth-order valence-electron chi connectivity index (χ4n) is 2.55. The number of amides is 1. The van der Waals surface area contributed by atoms with Crippen LogP contribution in [0.15, 0.2) is 73.3 Å². The molecule has 0 saturated heterocycles. The van der Waals surface area contributed by atoms with Gasteiger partial charge in [-0.25, -0.2) is 0 Å². The number of aliphatic hydroxyl groups excluding tert-OH is 1. The van der Waals surface area contributed by atoms with Gasteiger partial charge in [-0.1, -0.05) is 6.07 Å². The number of rotatable bonds is 6. The monoisotopic (exact) mass is 321 g/mol. The molecule has 5 heteroatoms. The second-order valence-corrected chi connectivity index (χ2v) is 5.45. The van der Waals surface area contributed by atoms with E-state index in [1.165, 1.54) is 0 Å². The van der Waals surface area contributed by atoms with Gasteiger partial charge in [-0.3, -0.25) is 9.78 Å². The van der Waals surface area contributed by atoms with E-state index >= 15 is 0 Å². The standard InChI is InChI=1S/C19H19N3O2/c23-13-12-22(15-16-4-3-9-20-14-16)19(24)17-5-7-18(8-6-17)21-10-1-2-11-21/h1-11,14,23H,12-13,15H2. The number of carbonyl (C=O) groups is 1. The first kappa shape index (κ1) is 16.0. The second-order valence-electron chi connectivity index (χ2n) is 5.45. The van der Waals surface area contributed by atoms with E-state index < -0.39 is 0 Å². The predicted octanol–water partition coefficient (Wildman–Crippen LogP) is 2.51. The molecule has 2 aromatic heterocycles. The molecular weight excluding hydrogens is 302 g/mol. The maximum absolute atomic E-state index is 12.7. The molecule has 24 heavy (non-hydrogen) atoms. The number of aromatic nitrogens is 2. The van der Waals surface area contributed by atoms with Crippen LogP contribution in [0.2, 0.25) is 0 Å². The average molecular weight is 321 g/mol. The van der Waals surface area contributed by atoms with E-state index in [2.05, 4.69) is 4.98 Å². The lowest BCUT2D eigenvalue weighted by Crippen LogP contribution is -2.33. The number of hydrogen-bond acceptors (Lipinski definition) is 3. The summed E-state index contributed by atoms with van der Waals surface area (Å²) in [7, 11) is 0. The molecule has 0 spiro atoms. The molecule has 0 aliphatic rings. The lowest BCUT2D eigenvalue weighted by atomic mass is 10.1. The van der Waals surface area contributed by atoms with E-state index in [1.807, 2.05) is 65.5 Å².